The van der Waals surface area contributed by atoms with E-state index in [1.807, 2.05) is 18.2 Å². The number of rotatable bonds is 6. The molecule has 3 aromatic rings. The third-order valence-corrected chi connectivity index (χ3v) is 5.59. The molecule has 2 aromatic heterocycles. The number of hydrogen-bond donors (Lipinski definition) is 0. The lowest BCUT2D eigenvalue weighted by atomic mass is 10.3. The fourth-order valence-electron chi connectivity index (χ4n) is 3.02. The molecule has 0 aliphatic carbocycles. The number of methoxy groups -OCH3 is 1. The number of carbonyl (C=O) groups excluding carboxylic acids is 1. The van der Waals surface area contributed by atoms with Crippen LogP contribution in [0.5, 0.6) is 5.75 Å². The highest BCUT2D eigenvalue weighted by Crippen LogP contribution is 2.32. The number of benzene rings is 1. The van der Waals surface area contributed by atoms with Crippen LogP contribution in [-0.4, -0.2) is 62.3 Å². The normalized spacial score (nSPS) is 15.1. The Labute approximate surface area is 161 Å². The van der Waals surface area contributed by atoms with Gasteiger partial charge in [-0.15, -0.1) is 0 Å². The van der Waals surface area contributed by atoms with Crippen molar-refractivity contribution in [3.63, 3.8) is 0 Å². The number of fused-ring (bicyclic) bond motifs is 1. The predicted octanol–water partition coefficient (Wildman–Crippen LogP) is 2.88. The van der Waals surface area contributed by atoms with E-state index in [0.29, 0.717) is 17.4 Å². The molecule has 0 atom stereocenters. The summed E-state index contributed by atoms with van der Waals surface area (Å²) in [6, 6.07) is 9.15. The van der Waals surface area contributed by atoms with Crippen molar-refractivity contribution in [3.05, 3.63) is 42.4 Å². The molecule has 1 saturated heterocycles. The van der Waals surface area contributed by atoms with Crippen molar-refractivity contribution in [1.82, 2.24) is 9.88 Å². The van der Waals surface area contributed by atoms with Crippen molar-refractivity contribution in [2.45, 2.75) is 0 Å². The standard InChI is InChI=1S/C19H21N3O4S/c1-24-14-4-5-17-15(13-14)20-19(27-17)22(18(23)16-3-2-10-26-16)7-6-21-8-11-25-12-9-21/h2-5,10,13H,6-9,11-12H2,1H3. The van der Waals surface area contributed by atoms with Gasteiger partial charge in [0.25, 0.3) is 5.91 Å². The van der Waals surface area contributed by atoms with E-state index in [1.54, 1.807) is 24.1 Å². The second kappa shape index (κ2) is 8.08. The number of morpholine rings is 1. The molecule has 4 rings (SSSR count). The number of aromatic nitrogens is 1. The lowest BCUT2D eigenvalue weighted by Crippen LogP contribution is -2.43. The number of anilines is 1. The Morgan fingerprint density at radius 2 is 2.19 bits per heavy atom. The molecule has 0 saturated carbocycles. The molecule has 0 spiro atoms. The van der Waals surface area contributed by atoms with Crippen LogP contribution >= 0.6 is 11.3 Å². The highest BCUT2D eigenvalue weighted by Gasteiger charge is 2.24. The molecule has 0 radical (unpaired) electrons. The van der Waals surface area contributed by atoms with Crippen LogP contribution in [0.25, 0.3) is 10.2 Å². The van der Waals surface area contributed by atoms with Gasteiger partial charge in [0, 0.05) is 32.2 Å². The number of furan rings is 1. The van der Waals surface area contributed by atoms with Crippen LogP contribution in [0.4, 0.5) is 5.13 Å². The number of hydrogen-bond acceptors (Lipinski definition) is 7. The second-order valence-corrected chi connectivity index (χ2v) is 7.23. The predicted molar refractivity (Wildman–Crippen MR) is 104 cm³/mol. The molecule has 3 heterocycles. The fraction of sp³-hybridized carbons (Fsp3) is 0.368. The van der Waals surface area contributed by atoms with Crippen LogP contribution < -0.4 is 9.64 Å². The molecule has 1 aromatic carbocycles. The molecule has 1 amide bonds. The highest BCUT2D eigenvalue weighted by atomic mass is 32.1. The maximum atomic E-state index is 13.0. The van der Waals surface area contributed by atoms with Gasteiger partial charge in [0.2, 0.25) is 0 Å². The van der Waals surface area contributed by atoms with E-state index in [1.165, 1.54) is 17.6 Å². The topological polar surface area (TPSA) is 68.0 Å². The molecule has 0 unspecified atom stereocenters. The van der Waals surface area contributed by atoms with E-state index >= 15 is 0 Å². The Hall–Kier alpha value is -2.42. The third-order valence-electron chi connectivity index (χ3n) is 4.54. The number of amides is 1. The first kappa shape index (κ1) is 18.0. The summed E-state index contributed by atoms with van der Waals surface area (Å²) in [6.07, 6.45) is 1.51. The lowest BCUT2D eigenvalue weighted by Gasteiger charge is -2.28. The molecule has 0 bridgehead atoms. The van der Waals surface area contributed by atoms with Gasteiger partial charge in [-0.25, -0.2) is 4.98 Å². The van der Waals surface area contributed by atoms with Crippen LogP contribution in [0, 0.1) is 0 Å². The minimum atomic E-state index is -0.181. The van der Waals surface area contributed by atoms with Gasteiger partial charge in [0.05, 0.1) is 36.8 Å². The van der Waals surface area contributed by atoms with E-state index < -0.39 is 0 Å². The number of ether oxygens (including phenoxy) is 2. The van der Waals surface area contributed by atoms with Crippen molar-refractivity contribution in [1.29, 1.82) is 0 Å². The SMILES string of the molecule is COc1ccc2sc(N(CCN3CCOCC3)C(=O)c3ccco3)nc2c1. The van der Waals surface area contributed by atoms with Crippen molar-refractivity contribution in [2.75, 3.05) is 51.4 Å². The minimum absolute atomic E-state index is 0.181. The Morgan fingerprint density at radius 1 is 1.33 bits per heavy atom. The Balaban J connectivity index is 1.61. The molecule has 27 heavy (non-hydrogen) atoms. The Kier molecular flexibility index (Phi) is 5.38. The average molecular weight is 387 g/mol. The summed E-state index contributed by atoms with van der Waals surface area (Å²) >= 11 is 1.49. The van der Waals surface area contributed by atoms with Crippen molar-refractivity contribution in [3.8, 4) is 5.75 Å². The Morgan fingerprint density at radius 3 is 2.93 bits per heavy atom. The summed E-state index contributed by atoms with van der Waals surface area (Å²) in [4.78, 5) is 21.7. The van der Waals surface area contributed by atoms with Crippen molar-refractivity contribution in [2.24, 2.45) is 0 Å². The first-order chi connectivity index (χ1) is 13.2. The van der Waals surface area contributed by atoms with Gasteiger partial charge in [-0.3, -0.25) is 14.6 Å². The molecule has 0 N–H and O–H groups in total. The van der Waals surface area contributed by atoms with Crippen molar-refractivity contribution < 1.29 is 18.7 Å². The van der Waals surface area contributed by atoms with E-state index in [-0.39, 0.29) is 5.91 Å². The zero-order valence-electron chi connectivity index (χ0n) is 15.1. The van der Waals surface area contributed by atoms with E-state index in [9.17, 15) is 4.79 Å². The summed E-state index contributed by atoms with van der Waals surface area (Å²) in [5, 5.41) is 0.660. The van der Waals surface area contributed by atoms with E-state index in [2.05, 4.69) is 9.88 Å². The maximum Gasteiger partial charge on any atom is 0.295 e. The smallest absolute Gasteiger partial charge is 0.295 e. The zero-order valence-corrected chi connectivity index (χ0v) is 15.9. The Bertz CT molecular complexity index is 903. The first-order valence-corrected chi connectivity index (χ1v) is 9.66. The molecule has 1 fully saturated rings. The van der Waals surface area contributed by atoms with Gasteiger partial charge in [0.15, 0.2) is 10.9 Å². The molecular weight excluding hydrogens is 366 g/mol. The molecule has 142 valence electrons. The monoisotopic (exact) mass is 387 g/mol. The molecule has 8 heteroatoms. The van der Waals surface area contributed by atoms with Crippen LogP contribution in [0.3, 0.4) is 0 Å². The minimum Gasteiger partial charge on any atom is -0.497 e. The molecule has 7 nitrogen and oxygen atoms in total. The number of thiazole rings is 1. The van der Waals surface area contributed by atoms with Gasteiger partial charge in [-0.2, -0.15) is 0 Å². The van der Waals surface area contributed by atoms with Crippen molar-refractivity contribution >= 4 is 32.6 Å². The van der Waals surface area contributed by atoms with Crippen LogP contribution in [0.1, 0.15) is 10.6 Å². The fourth-order valence-corrected chi connectivity index (χ4v) is 3.99. The summed E-state index contributed by atoms with van der Waals surface area (Å²) < 4.78 is 17.0. The second-order valence-electron chi connectivity index (χ2n) is 6.22. The van der Waals surface area contributed by atoms with E-state index in [0.717, 1.165) is 48.8 Å². The molecule has 1 aliphatic rings. The average Bonchev–Trinajstić information content (AvgIpc) is 3.38. The van der Waals surface area contributed by atoms with Gasteiger partial charge in [-0.05, 0) is 24.3 Å². The van der Waals surface area contributed by atoms with E-state index in [4.69, 9.17) is 13.9 Å². The molecular formula is C19H21N3O4S. The molecule has 1 aliphatic heterocycles. The number of nitrogens with zero attached hydrogens (tertiary/aromatic N) is 3. The van der Waals surface area contributed by atoms with Gasteiger partial charge in [-0.1, -0.05) is 11.3 Å². The lowest BCUT2D eigenvalue weighted by molar-refractivity contribution is 0.0390. The van der Waals surface area contributed by atoms with Gasteiger partial charge in [0.1, 0.15) is 5.75 Å². The number of carbonyl (C=O) groups is 1. The maximum absolute atomic E-state index is 13.0. The zero-order chi connectivity index (χ0) is 18.6. The largest absolute Gasteiger partial charge is 0.497 e. The first-order valence-electron chi connectivity index (χ1n) is 8.84. The van der Waals surface area contributed by atoms with Crippen LogP contribution in [-0.2, 0) is 4.74 Å². The van der Waals surface area contributed by atoms with Gasteiger partial charge < -0.3 is 13.9 Å². The van der Waals surface area contributed by atoms with Gasteiger partial charge >= 0.3 is 0 Å². The third kappa shape index (κ3) is 3.97. The summed E-state index contributed by atoms with van der Waals surface area (Å²) in [5.41, 5.74) is 0.818. The van der Waals surface area contributed by atoms with Crippen LogP contribution in [0.15, 0.2) is 41.0 Å². The summed E-state index contributed by atoms with van der Waals surface area (Å²) in [6.45, 7) is 4.51. The summed E-state index contributed by atoms with van der Waals surface area (Å²) in [7, 11) is 1.63. The highest BCUT2D eigenvalue weighted by molar-refractivity contribution is 7.22. The summed E-state index contributed by atoms with van der Waals surface area (Å²) in [5.74, 6) is 0.879. The van der Waals surface area contributed by atoms with Crippen LogP contribution in [0.2, 0.25) is 0 Å². The quantitative estimate of drug-likeness (QED) is 0.648.